The van der Waals surface area contributed by atoms with Crippen molar-refractivity contribution in [1.82, 2.24) is 0 Å². The number of hydrogen-bond donors (Lipinski definition) is 0. The molecule has 0 amide bonds. The van der Waals surface area contributed by atoms with Gasteiger partial charge in [-0.15, -0.1) is 0 Å². The van der Waals surface area contributed by atoms with Crippen LogP contribution in [-0.2, 0) is 0 Å². The van der Waals surface area contributed by atoms with E-state index >= 15 is 0 Å². The van der Waals surface area contributed by atoms with Crippen molar-refractivity contribution < 1.29 is 8.78 Å². The minimum absolute atomic E-state index is 0.403. The van der Waals surface area contributed by atoms with Gasteiger partial charge in [-0.1, -0.05) is 12.1 Å². The molecule has 0 saturated heterocycles. The van der Waals surface area contributed by atoms with Crippen LogP contribution in [-0.4, -0.2) is 5.16 Å². The highest BCUT2D eigenvalue weighted by Gasteiger charge is 2.11. The zero-order chi connectivity index (χ0) is 13.1. The molecule has 18 heavy (non-hydrogen) atoms. The van der Waals surface area contributed by atoms with E-state index in [1.807, 2.05) is 17.3 Å². The van der Waals surface area contributed by atoms with Gasteiger partial charge in [0.05, 0.1) is 5.16 Å². The third kappa shape index (κ3) is 2.80. The summed E-state index contributed by atoms with van der Waals surface area (Å²) < 4.78 is 28.3. The third-order valence-electron chi connectivity index (χ3n) is 2.35. The monoisotopic (exact) mass is 373 g/mol. The van der Waals surface area contributed by atoms with Crippen LogP contribution in [0.2, 0.25) is 0 Å². The van der Waals surface area contributed by atoms with E-state index in [0.29, 0.717) is 5.56 Å². The second-order valence-electron chi connectivity index (χ2n) is 3.50. The van der Waals surface area contributed by atoms with Crippen LogP contribution in [0.4, 0.5) is 14.5 Å². The third-order valence-corrected chi connectivity index (χ3v) is 3.16. The average Bonchev–Trinajstić information content (AvgIpc) is 2.34. The molecule has 5 heteroatoms. The summed E-state index contributed by atoms with van der Waals surface area (Å²) in [5, 5.41) is 1.96. The molecular formula is C13H6F2INS. The second-order valence-corrected chi connectivity index (χ2v) is 4.93. The predicted octanol–water partition coefficient (Wildman–Crippen LogP) is 4.97. The zero-order valence-corrected chi connectivity index (χ0v) is 11.9. The highest BCUT2D eigenvalue weighted by atomic mass is 127. The van der Waals surface area contributed by atoms with Gasteiger partial charge < -0.3 is 0 Å². The number of rotatable bonds is 2. The van der Waals surface area contributed by atoms with E-state index in [0.717, 1.165) is 9.13 Å². The molecule has 0 N–H and O–H groups in total. The molecule has 0 aliphatic rings. The molecule has 0 atom stereocenters. The van der Waals surface area contributed by atoms with E-state index in [4.69, 9.17) is 0 Å². The highest BCUT2D eigenvalue weighted by molar-refractivity contribution is 14.1. The van der Waals surface area contributed by atoms with Crippen LogP contribution in [0.5, 0.6) is 0 Å². The molecule has 0 saturated carbocycles. The topological polar surface area (TPSA) is 12.4 Å². The number of aliphatic imine (C=N–C) groups is 1. The second kappa shape index (κ2) is 5.65. The van der Waals surface area contributed by atoms with Crippen LogP contribution in [0.15, 0.2) is 41.4 Å². The Morgan fingerprint density at radius 2 is 1.56 bits per heavy atom. The fourth-order valence-electron chi connectivity index (χ4n) is 1.53. The normalized spacial score (nSPS) is 9.94. The Balaban J connectivity index is 2.54. The van der Waals surface area contributed by atoms with Gasteiger partial charge in [-0.3, -0.25) is 0 Å². The van der Waals surface area contributed by atoms with Crippen LogP contribution in [0.1, 0.15) is 0 Å². The minimum Gasteiger partial charge on any atom is -0.204 e. The molecule has 0 aliphatic carbocycles. The van der Waals surface area contributed by atoms with Crippen LogP contribution >= 0.6 is 34.8 Å². The zero-order valence-electron chi connectivity index (χ0n) is 8.95. The lowest BCUT2D eigenvalue weighted by molar-refractivity contribution is 0.588. The van der Waals surface area contributed by atoms with Crippen LogP contribution in [0.25, 0.3) is 11.1 Å². The van der Waals surface area contributed by atoms with Gasteiger partial charge in [0.2, 0.25) is 0 Å². The molecule has 2 rings (SSSR count). The Bertz CT molecular complexity index is 611. The van der Waals surface area contributed by atoms with E-state index in [1.165, 1.54) is 12.1 Å². The van der Waals surface area contributed by atoms with Gasteiger partial charge in [0, 0.05) is 3.57 Å². The van der Waals surface area contributed by atoms with Crippen LogP contribution in [0.3, 0.4) is 0 Å². The molecular weight excluding hydrogens is 367 g/mol. The molecule has 0 aliphatic heterocycles. The standard InChI is InChI=1S/C13H6F2INS/c14-11-5-9(6-12(15)13(11)17-7-18)8-1-3-10(16)4-2-8/h1-6H. The van der Waals surface area contributed by atoms with Crippen molar-refractivity contribution in [2.45, 2.75) is 0 Å². The summed E-state index contributed by atoms with van der Waals surface area (Å²) in [7, 11) is 0. The molecule has 2 aromatic carbocycles. The maximum Gasteiger partial charge on any atom is 0.153 e. The summed E-state index contributed by atoms with van der Waals surface area (Å²) >= 11 is 6.51. The molecule has 0 radical (unpaired) electrons. The molecule has 0 unspecified atom stereocenters. The number of nitrogens with zero attached hydrogens (tertiary/aromatic N) is 1. The number of thiocarbonyl (C=S) groups is 1. The van der Waals surface area contributed by atoms with Gasteiger partial charge in [-0.2, -0.15) is 4.99 Å². The van der Waals surface area contributed by atoms with E-state index < -0.39 is 17.3 Å². The van der Waals surface area contributed by atoms with Gasteiger partial charge in [0.25, 0.3) is 0 Å². The Labute approximate surface area is 122 Å². The van der Waals surface area contributed by atoms with Crippen molar-refractivity contribution in [3.8, 4) is 11.1 Å². The quantitative estimate of drug-likeness (QED) is 0.411. The number of isothiocyanates is 1. The first-order valence-electron chi connectivity index (χ1n) is 4.94. The van der Waals surface area contributed by atoms with Crippen molar-refractivity contribution in [2.75, 3.05) is 0 Å². The summed E-state index contributed by atoms with van der Waals surface area (Å²) in [6.07, 6.45) is 0. The number of benzene rings is 2. The fourth-order valence-corrected chi connectivity index (χ4v) is 1.98. The molecule has 0 aromatic heterocycles. The van der Waals surface area contributed by atoms with Crippen molar-refractivity contribution >= 4 is 45.7 Å². The average molecular weight is 373 g/mol. The molecule has 0 spiro atoms. The fraction of sp³-hybridized carbons (Fsp3) is 0. The van der Waals surface area contributed by atoms with Crippen molar-refractivity contribution in [3.63, 3.8) is 0 Å². The maximum atomic E-state index is 13.6. The Hall–Kier alpha value is -1.17. The van der Waals surface area contributed by atoms with Crippen molar-refractivity contribution in [1.29, 1.82) is 0 Å². The first-order chi connectivity index (χ1) is 8.61. The van der Waals surface area contributed by atoms with Gasteiger partial charge in [0.1, 0.15) is 5.69 Å². The number of halogens is 3. The van der Waals surface area contributed by atoms with Crippen LogP contribution in [0, 0.1) is 15.2 Å². The van der Waals surface area contributed by atoms with Gasteiger partial charge >= 0.3 is 0 Å². The molecule has 0 fully saturated rings. The van der Waals surface area contributed by atoms with E-state index in [2.05, 4.69) is 39.8 Å². The Kier molecular flexibility index (Phi) is 4.16. The SMILES string of the molecule is Fc1cc(-c2ccc(I)cc2)cc(F)c1N=C=S. The maximum absolute atomic E-state index is 13.6. The van der Waals surface area contributed by atoms with E-state index in [-0.39, 0.29) is 0 Å². The Morgan fingerprint density at radius 1 is 1.00 bits per heavy atom. The largest absolute Gasteiger partial charge is 0.204 e. The Morgan fingerprint density at radius 3 is 2.06 bits per heavy atom. The van der Waals surface area contributed by atoms with E-state index in [9.17, 15) is 8.78 Å². The van der Waals surface area contributed by atoms with Gasteiger partial charge in [-0.25, -0.2) is 8.78 Å². The smallest absolute Gasteiger partial charge is 0.153 e. The molecule has 2 aromatic rings. The van der Waals surface area contributed by atoms with Gasteiger partial charge in [0.15, 0.2) is 11.6 Å². The summed E-state index contributed by atoms with van der Waals surface area (Å²) in [6, 6.07) is 9.81. The molecule has 1 nitrogen and oxygen atoms in total. The van der Waals surface area contributed by atoms with Crippen LogP contribution < -0.4 is 0 Å². The molecule has 0 bridgehead atoms. The van der Waals surface area contributed by atoms with Crippen molar-refractivity contribution in [3.05, 3.63) is 51.6 Å². The molecule has 0 heterocycles. The summed E-state index contributed by atoms with van der Waals surface area (Å²) in [4.78, 5) is 3.37. The van der Waals surface area contributed by atoms with Crippen molar-refractivity contribution in [2.24, 2.45) is 4.99 Å². The van der Waals surface area contributed by atoms with E-state index in [1.54, 1.807) is 12.1 Å². The first kappa shape index (κ1) is 13.3. The lowest BCUT2D eigenvalue weighted by Gasteiger charge is -2.05. The highest BCUT2D eigenvalue weighted by Crippen LogP contribution is 2.29. The summed E-state index contributed by atoms with van der Waals surface area (Å²) in [6.45, 7) is 0. The molecule has 90 valence electrons. The van der Waals surface area contributed by atoms with Gasteiger partial charge in [-0.05, 0) is 70.2 Å². The minimum atomic E-state index is -0.749. The first-order valence-corrected chi connectivity index (χ1v) is 6.43. The number of hydrogen-bond acceptors (Lipinski definition) is 2. The predicted molar refractivity (Wildman–Crippen MR) is 79.2 cm³/mol. The summed E-state index contributed by atoms with van der Waals surface area (Å²) in [5.74, 6) is -1.50. The summed E-state index contributed by atoms with van der Waals surface area (Å²) in [5.41, 5.74) is 0.801. The lowest BCUT2D eigenvalue weighted by atomic mass is 10.0. The lowest BCUT2D eigenvalue weighted by Crippen LogP contribution is -1.87.